The predicted molar refractivity (Wildman–Crippen MR) is 85.8 cm³/mol. The second-order valence-electron chi connectivity index (χ2n) is 5.06. The number of carbonyl (C=O) groups excluding carboxylic acids is 1. The molecular weight excluding hydrogens is 370 g/mol. The average molecular weight is 383 g/mol. The van der Waals surface area contributed by atoms with Crippen LogP contribution in [0.2, 0.25) is 0 Å². The van der Waals surface area contributed by atoms with Gasteiger partial charge in [0.05, 0.1) is 11.3 Å². The molecule has 7 heteroatoms. The van der Waals surface area contributed by atoms with Gasteiger partial charge in [-0.2, -0.15) is 8.78 Å². The van der Waals surface area contributed by atoms with Crippen molar-refractivity contribution >= 4 is 27.5 Å². The van der Waals surface area contributed by atoms with E-state index >= 15 is 0 Å². The first-order valence-electron chi connectivity index (χ1n) is 6.84. The second kappa shape index (κ2) is 6.16. The first-order valence-corrected chi connectivity index (χ1v) is 7.63. The predicted octanol–water partition coefficient (Wildman–Crippen LogP) is 3.93. The van der Waals surface area contributed by atoms with E-state index in [0.717, 1.165) is 5.69 Å². The molecule has 120 valence electrons. The lowest BCUT2D eigenvalue weighted by Crippen LogP contribution is -2.44. The summed E-state index contributed by atoms with van der Waals surface area (Å²) >= 11 is 3.32. The molecule has 1 unspecified atom stereocenters. The molecule has 2 aromatic carbocycles. The molecule has 23 heavy (non-hydrogen) atoms. The van der Waals surface area contributed by atoms with Crippen LogP contribution in [0.1, 0.15) is 22.1 Å². The van der Waals surface area contributed by atoms with Crippen molar-refractivity contribution in [3.63, 3.8) is 0 Å². The number of nitrogens with zero attached hydrogens (tertiary/aromatic N) is 1. The largest absolute Gasteiger partial charge is 0.434 e. The quantitative estimate of drug-likeness (QED) is 0.874. The molecule has 1 amide bonds. The van der Waals surface area contributed by atoms with Crippen molar-refractivity contribution in [3.8, 4) is 5.75 Å². The Hall–Kier alpha value is -2.15. The van der Waals surface area contributed by atoms with Gasteiger partial charge in [0.25, 0.3) is 5.91 Å². The van der Waals surface area contributed by atoms with Gasteiger partial charge in [0.2, 0.25) is 0 Å². The highest BCUT2D eigenvalue weighted by Crippen LogP contribution is 2.37. The number of fused-ring (bicyclic) bond motifs is 1. The zero-order valence-electron chi connectivity index (χ0n) is 12.1. The van der Waals surface area contributed by atoms with E-state index in [1.54, 1.807) is 31.3 Å². The van der Waals surface area contributed by atoms with Crippen molar-refractivity contribution in [2.24, 2.45) is 0 Å². The summed E-state index contributed by atoms with van der Waals surface area (Å²) in [6, 6.07) is 11.8. The van der Waals surface area contributed by atoms with Crippen LogP contribution < -0.4 is 15.0 Å². The minimum atomic E-state index is -2.94. The number of amides is 1. The summed E-state index contributed by atoms with van der Waals surface area (Å²) in [4.78, 5) is 14.1. The Bertz CT molecular complexity index is 755. The standard InChI is InChI=1S/C16H13BrF2N2O2/c1-21-12-5-3-2-4-10(12)15(22)20-14(21)11-8-9(17)6-7-13(11)23-16(18)19/h2-8,14,16H,1H3,(H,20,22). The van der Waals surface area contributed by atoms with Crippen LogP contribution >= 0.6 is 15.9 Å². The van der Waals surface area contributed by atoms with Gasteiger partial charge in [-0.05, 0) is 30.3 Å². The smallest absolute Gasteiger partial charge is 0.387 e. The van der Waals surface area contributed by atoms with Crippen LogP contribution in [0.4, 0.5) is 14.5 Å². The molecule has 1 aliphatic heterocycles. The Kier molecular flexibility index (Phi) is 4.21. The van der Waals surface area contributed by atoms with Crippen LogP contribution in [0, 0.1) is 0 Å². The molecule has 1 N–H and O–H groups in total. The van der Waals surface area contributed by atoms with Crippen LogP contribution in [0.3, 0.4) is 0 Å². The van der Waals surface area contributed by atoms with Crippen LogP contribution in [0.15, 0.2) is 46.9 Å². The van der Waals surface area contributed by atoms with E-state index in [9.17, 15) is 13.6 Å². The van der Waals surface area contributed by atoms with Gasteiger partial charge in [0, 0.05) is 17.1 Å². The maximum Gasteiger partial charge on any atom is 0.387 e. The molecule has 0 aliphatic carbocycles. The molecule has 1 atom stereocenters. The van der Waals surface area contributed by atoms with Crippen LogP contribution in [0.25, 0.3) is 0 Å². The van der Waals surface area contributed by atoms with E-state index < -0.39 is 12.8 Å². The summed E-state index contributed by atoms with van der Waals surface area (Å²) in [5.41, 5.74) is 1.71. The van der Waals surface area contributed by atoms with Crippen LogP contribution in [-0.4, -0.2) is 19.6 Å². The molecule has 0 fully saturated rings. The number of carbonyl (C=O) groups is 1. The van der Waals surface area contributed by atoms with Gasteiger partial charge in [0.1, 0.15) is 11.9 Å². The number of anilines is 1. The first kappa shape index (κ1) is 15.7. The van der Waals surface area contributed by atoms with E-state index in [-0.39, 0.29) is 11.7 Å². The number of benzene rings is 2. The van der Waals surface area contributed by atoms with Gasteiger partial charge in [-0.25, -0.2) is 0 Å². The Morgan fingerprint density at radius 1 is 1.26 bits per heavy atom. The monoisotopic (exact) mass is 382 g/mol. The number of halogens is 3. The molecule has 3 rings (SSSR count). The number of para-hydroxylation sites is 1. The summed E-state index contributed by atoms with van der Waals surface area (Å²) in [5.74, 6) is -0.230. The SMILES string of the molecule is CN1c2ccccc2C(=O)NC1c1cc(Br)ccc1OC(F)F. The zero-order valence-corrected chi connectivity index (χ0v) is 13.7. The van der Waals surface area contributed by atoms with Crippen molar-refractivity contribution < 1.29 is 18.3 Å². The molecule has 0 saturated carbocycles. The molecule has 4 nitrogen and oxygen atoms in total. The number of ether oxygens (including phenoxy) is 1. The van der Waals surface area contributed by atoms with E-state index in [0.29, 0.717) is 15.6 Å². The number of rotatable bonds is 3. The van der Waals surface area contributed by atoms with E-state index in [1.165, 1.54) is 6.07 Å². The summed E-state index contributed by atoms with van der Waals surface area (Å²) in [5, 5.41) is 2.82. The minimum Gasteiger partial charge on any atom is -0.434 e. The van der Waals surface area contributed by atoms with E-state index in [1.807, 2.05) is 17.0 Å². The van der Waals surface area contributed by atoms with Crippen molar-refractivity contribution in [1.29, 1.82) is 0 Å². The van der Waals surface area contributed by atoms with Crippen molar-refractivity contribution in [2.75, 3.05) is 11.9 Å². The highest BCUT2D eigenvalue weighted by molar-refractivity contribution is 9.10. The fourth-order valence-electron chi connectivity index (χ4n) is 2.63. The summed E-state index contributed by atoms with van der Waals surface area (Å²) in [7, 11) is 1.79. The molecule has 2 aromatic rings. The summed E-state index contributed by atoms with van der Waals surface area (Å²) in [6.07, 6.45) is -0.608. The van der Waals surface area contributed by atoms with Crippen molar-refractivity contribution in [2.45, 2.75) is 12.8 Å². The van der Waals surface area contributed by atoms with Gasteiger partial charge in [0.15, 0.2) is 0 Å². The number of nitrogens with one attached hydrogen (secondary N) is 1. The lowest BCUT2D eigenvalue weighted by molar-refractivity contribution is -0.0507. The fraction of sp³-hybridized carbons (Fsp3) is 0.188. The zero-order chi connectivity index (χ0) is 16.6. The van der Waals surface area contributed by atoms with Crippen LogP contribution in [-0.2, 0) is 0 Å². The minimum absolute atomic E-state index is 0.0275. The van der Waals surface area contributed by atoms with E-state index in [4.69, 9.17) is 0 Å². The Morgan fingerprint density at radius 2 is 2.00 bits per heavy atom. The van der Waals surface area contributed by atoms with Gasteiger partial charge in [-0.15, -0.1) is 0 Å². The lowest BCUT2D eigenvalue weighted by atomic mass is 10.0. The molecule has 0 radical (unpaired) electrons. The van der Waals surface area contributed by atoms with Crippen LogP contribution in [0.5, 0.6) is 5.75 Å². The number of hydrogen-bond acceptors (Lipinski definition) is 3. The maximum absolute atomic E-state index is 12.6. The third-order valence-electron chi connectivity index (χ3n) is 3.67. The molecule has 0 saturated heterocycles. The topological polar surface area (TPSA) is 41.6 Å². The van der Waals surface area contributed by atoms with Gasteiger partial charge >= 0.3 is 6.61 Å². The Labute approximate surface area is 140 Å². The Balaban J connectivity index is 2.06. The third kappa shape index (κ3) is 3.01. The maximum atomic E-state index is 12.6. The van der Waals surface area contributed by atoms with Crippen molar-refractivity contribution in [3.05, 3.63) is 58.1 Å². The summed E-state index contributed by atoms with van der Waals surface area (Å²) < 4.78 is 30.6. The van der Waals surface area contributed by atoms with E-state index in [2.05, 4.69) is 26.0 Å². The Morgan fingerprint density at radius 3 is 2.74 bits per heavy atom. The van der Waals surface area contributed by atoms with Crippen molar-refractivity contribution in [1.82, 2.24) is 5.32 Å². The van der Waals surface area contributed by atoms with Gasteiger partial charge < -0.3 is 15.0 Å². The number of hydrogen-bond donors (Lipinski definition) is 1. The first-order chi connectivity index (χ1) is 11.0. The summed E-state index contributed by atoms with van der Waals surface area (Å²) in [6.45, 7) is -2.94. The number of alkyl halides is 2. The molecule has 0 spiro atoms. The lowest BCUT2D eigenvalue weighted by Gasteiger charge is -2.37. The second-order valence-corrected chi connectivity index (χ2v) is 5.98. The highest BCUT2D eigenvalue weighted by Gasteiger charge is 2.31. The molecule has 1 heterocycles. The normalized spacial score (nSPS) is 17.0. The molecule has 0 aromatic heterocycles. The van der Waals surface area contributed by atoms with Gasteiger partial charge in [-0.3, -0.25) is 4.79 Å². The highest BCUT2D eigenvalue weighted by atomic mass is 79.9. The molecular formula is C16H13BrF2N2O2. The van der Waals surface area contributed by atoms with Gasteiger partial charge in [-0.1, -0.05) is 28.1 Å². The third-order valence-corrected chi connectivity index (χ3v) is 4.16. The molecule has 0 bridgehead atoms. The molecule has 1 aliphatic rings. The fourth-order valence-corrected chi connectivity index (χ4v) is 3.01. The average Bonchev–Trinajstić information content (AvgIpc) is 2.52.